The van der Waals surface area contributed by atoms with Crippen molar-refractivity contribution in [3.63, 3.8) is 0 Å². The molecule has 5 rings (SSSR count). The van der Waals surface area contributed by atoms with Crippen molar-refractivity contribution in [1.82, 2.24) is 9.55 Å². The molecule has 1 spiro atoms. The number of nitriles is 1. The van der Waals surface area contributed by atoms with Gasteiger partial charge in [-0.05, 0) is 74.1 Å². The Balaban J connectivity index is 1.35. The third-order valence-corrected chi connectivity index (χ3v) is 6.22. The molecule has 1 aliphatic heterocycles. The quantitative estimate of drug-likeness (QED) is 0.638. The minimum Gasteiger partial charge on any atom is -0.441 e. The Bertz CT molecular complexity index is 1150. The van der Waals surface area contributed by atoms with Gasteiger partial charge in [0, 0.05) is 12.2 Å². The first kappa shape index (κ1) is 18.6. The van der Waals surface area contributed by atoms with Gasteiger partial charge >= 0.3 is 6.09 Å². The van der Waals surface area contributed by atoms with E-state index in [1.807, 2.05) is 18.5 Å². The summed E-state index contributed by atoms with van der Waals surface area (Å²) >= 11 is 0. The van der Waals surface area contributed by atoms with Gasteiger partial charge in [-0.15, -0.1) is 0 Å². The summed E-state index contributed by atoms with van der Waals surface area (Å²) in [6.45, 7) is 1.25. The van der Waals surface area contributed by atoms with Crippen molar-refractivity contribution in [2.45, 2.75) is 37.8 Å². The number of carbonyl (C=O) groups is 1. The van der Waals surface area contributed by atoms with Crippen LogP contribution in [0, 0.1) is 23.1 Å². The van der Waals surface area contributed by atoms with Crippen LogP contribution in [0.25, 0.3) is 11.0 Å². The van der Waals surface area contributed by atoms with E-state index in [0.29, 0.717) is 23.7 Å². The summed E-state index contributed by atoms with van der Waals surface area (Å²) in [5, 5.41) is 9.19. The summed E-state index contributed by atoms with van der Waals surface area (Å²) < 4.78 is 21.2. The van der Waals surface area contributed by atoms with E-state index in [2.05, 4.69) is 15.6 Å². The molecular weight excluding hydrogens is 383 g/mol. The lowest BCUT2D eigenvalue weighted by Gasteiger charge is -2.36. The lowest BCUT2D eigenvalue weighted by Crippen LogP contribution is -2.40. The monoisotopic (exact) mass is 404 g/mol. The zero-order chi connectivity index (χ0) is 20.7. The molecule has 2 heterocycles. The first-order valence-electron chi connectivity index (χ1n) is 10.2. The van der Waals surface area contributed by atoms with E-state index in [-0.39, 0.29) is 11.9 Å². The van der Waals surface area contributed by atoms with Crippen molar-refractivity contribution >= 4 is 22.8 Å². The van der Waals surface area contributed by atoms with E-state index in [0.717, 1.165) is 43.3 Å². The summed E-state index contributed by atoms with van der Waals surface area (Å²) in [5.41, 5.74) is 2.58. The van der Waals surface area contributed by atoms with E-state index >= 15 is 0 Å². The van der Waals surface area contributed by atoms with Crippen molar-refractivity contribution in [3.05, 3.63) is 60.2 Å². The third kappa shape index (κ3) is 3.28. The number of hydrogen-bond donors (Lipinski definition) is 0. The van der Waals surface area contributed by atoms with Gasteiger partial charge in [-0.2, -0.15) is 5.26 Å². The highest BCUT2D eigenvalue weighted by atomic mass is 19.1. The number of rotatable bonds is 3. The number of anilines is 1. The van der Waals surface area contributed by atoms with Crippen molar-refractivity contribution in [3.8, 4) is 6.07 Å². The molecule has 1 saturated heterocycles. The van der Waals surface area contributed by atoms with Gasteiger partial charge in [0.05, 0.1) is 35.5 Å². The Morgan fingerprint density at radius 3 is 2.90 bits per heavy atom. The van der Waals surface area contributed by atoms with Crippen LogP contribution in [0.2, 0.25) is 0 Å². The second kappa shape index (κ2) is 7.13. The maximum atomic E-state index is 13.2. The second-order valence-corrected chi connectivity index (χ2v) is 8.29. The third-order valence-electron chi connectivity index (χ3n) is 6.22. The highest BCUT2D eigenvalue weighted by Gasteiger charge is 2.48. The van der Waals surface area contributed by atoms with Crippen LogP contribution in [0.1, 0.15) is 31.2 Å². The highest BCUT2D eigenvalue weighted by molar-refractivity contribution is 5.90. The summed E-state index contributed by atoms with van der Waals surface area (Å²) in [5.74, 6) is 0.00808. The van der Waals surface area contributed by atoms with Gasteiger partial charge in [-0.1, -0.05) is 0 Å². The molecule has 2 aromatic carbocycles. The number of ether oxygens (including phenoxy) is 1. The molecule has 1 saturated carbocycles. The molecule has 1 aromatic heterocycles. The predicted octanol–water partition coefficient (Wildman–Crippen LogP) is 4.63. The van der Waals surface area contributed by atoms with Crippen LogP contribution in [-0.2, 0) is 11.3 Å². The average Bonchev–Trinajstić information content (AvgIpc) is 3.29. The second-order valence-electron chi connectivity index (χ2n) is 8.29. The number of benzene rings is 2. The standard InChI is InChI=1S/C23H21FN4O2/c24-18-4-6-19(7-5-18)28-14-23(30-22(28)29)9-1-2-17(11-23)13-27-15-26-20-8-3-16(12-25)10-21(20)27/h3-8,10,15,17H,1-2,9,11,13-14H2/t17-,23-/m0/s1. The van der Waals surface area contributed by atoms with Crippen molar-refractivity contribution in [1.29, 1.82) is 5.26 Å². The molecule has 0 N–H and O–H groups in total. The number of hydrogen-bond acceptors (Lipinski definition) is 4. The minimum atomic E-state index is -0.511. The van der Waals surface area contributed by atoms with Crippen molar-refractivity contribution in [2.75, 3.05) is 11.4 Å². The van der Waals surface area contributed by atoms with Crippen LogP contribution in [0.3, 0.4) is 0 Å². The molecule has 6 nitrogen and oxygen atoms in total. The topological polar surface area (TPSA) is 71.2 Å². The summed E-state index contributed by atoms with van der Waals surface area (Å²) in [6.07, 6.45) is 5.08. The normalized spacial score (nSPS) is 23.7. The molecule has 1 aliphatic carbocycles. The number of amides is 1. The Morgan fingerprint density at radius 1 is 1.27 bits per heavy atom. The zero-order valence-corrected chi connectivity index (χ0v) is 16.4. The summed E-state index contributed by atoms with van der Waals surface area (Å²) in [4.78, 5) is 18.6. The van der Waals surface area contributed by atoms with Crippen LogP contribution < -0.4 is 4.90 Å². The first-order valence-corrected chi connectivity index (χ1v) is 10.2. The van der Waals surface area contributed by atoms with E-state index in [9.17, 15) is 14.4 Å². The molecule has 152 valence electrons. The van der Waals surface area contributed by atoms with Gasteiger partial charge in [0.25, 0.3) is 0 Å². The van der Waals surface area contributed by atoms with E-state index in [1.54, 1.807) is 23.1 Å². The highest BCUT2D eigenvalue weighted by Crippen LogP contribution is 2.42. The first-order chi connectivity index (χ1) is 14.5. The van der Waals surface area contributed by atoms with Crippen LogP contribution in [0.4, 0.5) is 14.9 Å². The van der Waals surface area contributed by atoms with Crippen LogP contribution in [0.15, 0.2) is 48.8 Å². The molecule has 3 aromatic rings. The number of fused-ring (bicyclic) bond motifs is 1. The Kier molecular flexibility index (Phi) is 4.43. The molecular formula is C23H21FN4O2. The van der Waals surface area contributed by atoms with Crippen LogP contribution >= 0.6 is 0 Å². The number of imidazole rings is 1. The molecule has 2 fully saturated rings. The number of nitrogens with zero attached hydrogens (tertiary/aromatic N) is 4. The van der Waals surface area contributed by atoms with Crippen LogP contribution in [-0.4, -0.2) is 27.8 Å². The molecule has 7 heteroatoms. The average molecular weight is 404 g/mol. The zero-order valence-electron chi connectivity index (χ0n) is 16.4. The number of carbonyl (C=O) groups excluding carboxylic acids is 1. The van der Waals surface area contributed by atoms with Crippen molar-refractivity contribution < 1.29 is 13.9 Å². The van der Waals surface area contributed by atoms with E-state index in [1.165, 1.54) is 12.1 Å². The SMILES string of the molecule is N#Cc1ccc2ncn(C[C@H]3CCC[C@]4(C3)CN(c3ccc(F)cc3)C(=O)O4)c2c1. The van der Waals surface area contributed by atoms with Crippen LogP contribution in [0.5, 0.6) is 0 Å². The van der Waals surface area contributed by atoms with Gasteiger partial charge in [-0.25, -0.2) is 14.2 Å². The van der Waals surface area contributed by atoms with E-state index in [4.69, 9.17) is 4.74 Å². The minimum absolute atomic E-state index is 0.328. The predicted molar refractivity (Wildman–Crippen MR) is 109 cm³/mol. The smallest absolute Gasteiger partial charge is 0.415 e. The molecule has 2 aliphatic rings. The Morgan fingerprint density at radius 2 is 2.10 bits per heavy atom. The largest absolute Gasteiger partial charge is 0.441 e. The van der Waals surface area contributed by atoms with Gasteiger partial charge < -0.3 is 9.30 Å². The van der Waals surface area contributed by atoms with Gasteiger partial charge in [-0.3, -0.25) is 4.90 Å². The lowest BCUT2D eigenvalue weighted by atomic mass is 9.78. The Hall–Kier alpha value is -3.40. The number of aromatic nitrogens is 2. The summed E-state index contributed by atoms with van der Waals surface area (Å²) in [7, 11) is 0. The van der Waals surface area contributed by atoms with E-state index < -0.39 is 5.60 Å². The molecule has 1 amide bonds. The molecule has 30 heavy (non-hydrogen) atoms. The van der Waals surface area contributed by atoms with Gasteiger partial charge in [0.1, 0.15) is 11.4 Å². The molecule has 2 atom stereocenters. The van der Waals surface area contributed by atoms with Gasteiger partial charge in [0.2, 0.25) is 0 Å². The Labute approximate surface area is 173 Å². The molecule has 0 unspecified atom stereocenters. The maximum absolute atomic E-state index is 13.2. The van der Waals surface area contributed by atoms with Gasteiger partial charge in [0.15, 0.2) is 0 Å². The fourth-order valence-electron chi connectivity index (χ4n) is 4.83. The fraction of sp³-hybridized carbons (Fsp3) is 0.348. The number of halogens is 1. The maximum Gasteiger partial charge on any atom is 0.415 e. The molecule has 0 radical (unpaired) electrons. The van der Waals surface area contributed by atoms with Crippen molar-refractivity contribution in [2.24, 2.45) is 5.92 Å². The lowest BCUT2D eigenvalue weighted by molar-refractivity contribution is 0.00439. The fourth-order valence-corrected chi connectivity index (χ4v) is 4.83. The summed E-state index contributed by atoms with van der Waals surface area (Å²) in [6, 6.07) is 13.6. The molecule has 0 bridgehead atoms.